The first-order chi connectivity index (χ1) is 16.6. The van der Waals surface area contributed by atoms with Crippen LogP contribution in [0.15, 0.2) is 49.1 Å². The number of benzene rings is 1. The zero-order chi connectivity index (χ0) is 25.2. The Kier molecular flexibility index (Phi) is 6.34. The van der Waals surface area contributed by atoms with Gasteiger partial charge in [-0.05, 0) is 29.6 Å². The third kappa shape index (κ3) is 5.70. The molecule has 3 amide bonds. The third-order valence-electron chi connectivity index (χ3n) is 4.72. The fraction of sp³-hybridized carbons (Fsp3) is 0.136. The van der Waals surface area contributed by atoms with Crippen molar-refractivity contribution in [1.82, 2.24) is 30.0 Å². The van der Waals surface area contributed by atoms with E-state index in [1.165, 1.54) is 23.5 Å². The molecule has 0 saturated carbocycles. The van der Waals surface area contributed by atoms with Gasteiger partial charge < -0.3 is 15.5 Å². The Morgan fingerprint density at radius 3 is 2.43 bits per heavy atom. The van der Waals surface area contributed by atoms with Gasteiger partial charge in [-0.2, -0.15) is 5.10 Å². The van der Waals surface area contributed by atoms with Gasteiger partial charge in [-0.3, -0.25) is 19.6 Å². The average molecular weight is 494 g/mol. The average Bonchev–Trinajstić information content (AvgIpc) is 3.23. The number of pyridine rings is 1. The summed E-state index contributed by atoms with van der Waals surface area (Å²) in [6, 6.07) is 7.02. The number of H-pyrrole nitrogens is 1. The van der Waals surface area contributed by atoms with E-state index in [-0.39, 0.29) is 17.7 Å². The monoisotopic (exact) mass is 493 g/mol. The molecule has 0 saturated heterocycles. The quantitative estimate of drug-likeness (QED) is 0.300. The smallest absolute Gasteiger partial charge is 0.321 e. The lowest BCUT2D eigenvalue weighted by Gasteiger charge is -2.12. The van der Waals surface area contributed by atoms with Gasteiger partial charge in [-0.1, -0.05) is 6.07 Å². The van der Waals surface area contributed by atoms with E-state index in [0.717, 1.165) is 11.1 Å². The Labute approximate surface area is 201 Å². The molecule has 13 heteroatoms. The predicted octanol–water partition coefficient (Wildman–Crippen LogP) is 2.43. The van der Waals surface area contributed by atoms with Crippen LogP contribution in [0.25, 0.3) is 22.0 Å². The van der Waals surface area contributed by atoms with Gasteiger partial charge in [0, 0.05) is 47.2 Å². The van der Waals surface area contributed by atoms with Gasteiger partial charge in [0.1, 0.15) is 0 Å². The van der Waals surface area contributed by atoms with E-state index in [1.54, 1.807) is 32.6 Å². The van der Waals surface area contributed by atoms with Crippen LogP contribution in [0.4, 0.5) is 22.1 Å². The molecule has 0 spiro atoms. The van der Waals surface area contributed by atoms with Gasteiger partial charge in [-0.15, -0.1) is 0 Å². The molecule has 3 heterocycles. The van der Waals surface area contributed by atoms with Gasteiger partial charge in [0.2, 0.25) is 5.95 Å². The lowest BCUT2D eigenvalue weighted by atomic mass is 10.0. The van der Waals surface area contributed by atoms with E-state index < -0.39 is 15.6 Å². The van der Waals surface area contributed by atoms with Crippen LogP contribution in [-0.2, 0) is 9.71 Å². The fourth-order valence-electron chi connectivity index (χ4n) is 3.10. The maximum absolute atomic E-state index is 12.9. The number of aromatic nitrogens is 5. The predicted molar refractivity (Wildman–Crippen MR) is 137 cm³/mol. The molecule has 0 radical (unpaired) electrons. The van der Waals surface area contributed by atoms with Gasteiger partial charge >= 0.3 is 6.03 Å². The zero-order valence-corrected chi connectivity index (χ0v) is 20.0. The van der Waals surface area contributed by atoms with Crippen LogP contribution in [0.2, 0.25) is 0 Å². The summed E-state index contributed by atoms with van der Waals surface area (Å²) in [6.07, 6.45) is 7.42. The number of rotatable bonds is 6. The molecule has 4 aromatic rings. The van der Waals surface area contributed by atoms with E-state index >= 15 is 0 Å². The first kappa shape index (κ1) is 23.6. The normalized spacial score (nSPS) is 12.5. The fourth-order valence-corrected chi connectivity index (χ4v) is 3.59. The number of hydrogen-bond donors (Lipinski definition) is 4. The molecule has 4 rings (SSSR count). The molecule has 0 bridgehead atoms. The van der Waals surface area contributed by atoms with Gasteiger partial charge in [0.25, 0.3) is 5.91 Å². The summed E-state index contributed by atoms with van der Waals surface area (Å²) in [5, 5.41) is 13.1. The number of fused-ring (bicyclic) bond motifs is 1. The lowest BCUT2D eigenvalue weighted by molar-refractivity contribution is 0.102. The molecule has 0 aliphatic rings. The summed E-state index contributed by atoms with van der Waals surface area (Å²) in [6.45, 7) is 0. The minimum Gasteiger partial charge on any atom is -0.331 e. The van der Waals surface area contributed by atoms with E-state index in [2.05, 4.69) is 46.4 Å². The van der Waals surface area contributed by atoms with Gasteiger partial charge in [0.15, 0.2) is 5.69 Å². The summed E-state index contributed by atoms with van der Waals surface area (Å²) in [4.78, 5) is 38.5. The molecule has 35 heavy (non-hydrogen) atoms. The molecule has 12 nitrogen and oxygen atoms in total. The van der Waals surface area contributed by atoms with Crippen molar-refractivity contribution < 1.29 is 13.8 Å². The van der Waals surface area contributed by atoms with Crippen LogP contribution in [0.3, 0.4) is 0 Å². The topological polar surface area (TPSA) is 158 Å². The van der Waals surface area contributed by atoms with Crippen molar-refractivity contribution in [3.8, 4) is 11.1 Å². The van der Waals surface area contributed by atoms with Crippen molar-refractivity contribution in [2.24, 2.45) is 0 Å². The second-order valence-electron chi connectivity index (χ2n) is 7.98. The summed E-state index contributed by atoms with van der Waals surface area (Å²) in [5.74, 6) is 3.16. The van der Waals surface area contributed by atoms with Gasteiger partial charge in [-0.25, -0.2) is 19.0 Å². The largest absolute Gasteiger partial charge is 0.331 e. The van der Waals surface area contributed by atoms with Crippen LogP contribution < -0.4 is 15.4 Å². The van der Waals surface area contributed by atoms with Crippen molar-refractivity contribution in [2.45, 2.75) is 0 Å². The Balaban J connectivity index is 1.57. The Hall–Kier alpha value is -4.52. The maximum Gasteiger partial charge on any atom is 0.321 e. The molecule has 0 aliphatic carbocycles. The van der Waals surface area contributed by atoms with Crippen LogP contribution in [-0.4, -0.2) is 72.4 Å². The Morgan fingerprint density at radius 1 is 1.00 bits per heavy atom. The lowest BCUT2D eigenvalue weighted by Crippen LogP contribution is -2.27. The van der Waals surface area contributed by atoms with E-state index in [1.807, 2.05) is 18.2 Å². The number of carbonyl (C=O) groups is 2. The second-order valence-corrected chi connectivity index (χ2v) is 10.2. The molecule has 3 aromatic heterocycles. The third-order valence-corrected chi connectivity index (χ3v) is 5.34. The molecule has 1 unspecified atom stereocenters. The highest BCUT2D eigenvalue weighted by Crippen LogP contribution is 2.27. The second kappa shape index (κ2) is 9.38. The van der Waals surface area contributed by atoms with Crippen molar-refractivity contribution in [2.75, 3.05) is 35.7 Å². The number of aromatic amines is 1. The van der Waals surface area contributed by atoms with Crippen molar-refractivity contribution in [3.05, 3.63) is 54.7 Å². The molecule has 0 aliphatic heterocycles. The molecule has 0 fully saturated rings. The zero-order valence-electron chi connectivity index (χ0n) is 19.2. The van der Waals surface area contributed by atoms with Crippen LogP contribution in [0, 0.1) is 0 Å². The molecule has 1 aromatic carbocycles. The number of amides is 3. The minimum atomic E-state index is -2.52. The summed E-state index contributed by atoms with van der Waals surface area (Å²) in [7, 11) is 0.780. The SMILES string of the molecule is C=S(C)(=O)Nc1ncc(NC(=O)c2n[nH]c3ccc(-c4cncc(NC(=O)N(C)C)c4)cc23)cn1. The van der Waals surface area contributed by atoms with Crippen LogP contribution >= 0.6 is 0 Å². The molecular formula is C22H23N9O3S. The number of nitrogens with zero attached hydrogens (tertiary/aromatic N) is 5. The van der Waals surface area contributed by atoms with Crippen LogP contribution in [0.5, 0.6) is 0 Å². The number of urea groups is 1. The van der Waals surface area contributed by atoms with Gasteiger partial charge in [0.05, 0.1) is 35.5 Å². The standard InChI is InChI=1S/C22H23N9O3S/c1-31(2)22(33)27-15-7-14(9-23-10-15)13-5-6-18-17(8-13)19(29-28-18)20(32)26-16-11-24-21(25-12-16)30-35(3,4)34/h5-12H,3H2,1-2,4H3,(H,26,32)(H,27,33)(H,28,29)(H,24,25,30,34). The van der Waals surface area contributed by atoms with Crippen molar-refractivity contribution >= 4 is 55.7 Å². The molecule has 1 atom stereocenters. The van der Waals surface area contributed by atoms with E-state index in [9.17, 15) is 13.8 Å². The highest BCUT2D eigenvalue weighted by Gasteiger charge is 2.16. The highest BCUT2D eigenvalue weighted by atomic mass is 32.2. The Bertz CT molecular complexity index is 1510. The Morgan fingerprint density at radius 2 is 1.74 bits per heavy atom. The first-order valence-electron chi connectivity index (χ1n) is 10.2. The minimum absolute atomic E-state index is 0.137. The number of carbonyl (C=O) groups excluding carboxylic acids is 2. The van der Waals surface area contributed by atoms with Crippen molar-refractivity contribution in [1.29, 1.82) is 0 Å². The maximum atomic E-state index is 12.9. The van der Waals surface area contributed by atoms with E-state index in [0.29, 0.717) is 22.3 Å². The molecular weight excluding hydrogens is 470 g/mol. The van der Waals surface area contributed by atoms with E-state index in [4.69, 9.17) is 0 Å². The highest BCUT2D eigenvalue weighted by molar-refractivity contribution is 8.00. The number of hydrogen-bond acceptors (Lipinski definition) is 7. The summed E-state index contributed by atoms with van der Waals surface area (Å²) in [5.41, 5.74) is 3.29. The first-order valence-corrected chi connectivity index (χ1v) is 12.4. The number of nitrogens with one attached hydrogen (secondary N) is 4. The number of anilines is 3. The molecule has 180 valence electrons. The van der Waals surface area contributed by atoms with Crippen LogP contribution in [0.1, 0.15) is 10.5 Å². The molecule has 4 N–H and O–H groups in total. The summed E-state index contributed by atoms with van der Waals surface area (Å²) < 4.78 is 14.3. The van der Waals surface area contributed by atoms with Crippen molar-refractivity contribution in [3.63, 3.8) is 0 Å². The summed E-state index contributed by atoms with van der Waals surface area (Å²) >= 11 is 0.